The van der Waals surface area contributed by atoms with Gasteiger partial charge in [-0.05, 0) is 0 Å². The Morgan fingerprint density at radius 3 is 1.40 bits per heavy atom. The number of rotatable bonds is 4. The molecule has 0 aromatic carbocycles. The van der Waals surface area contributed by atoms with E-state index in [2.05, 4.69) is 9.05 Å². The van der Waals surface area contributed by atoms with Crippen LogP contribution in [0.1, 0.15) is 0 Å². The van der Waals surface area contributed by atoms with Crippen molar-refractivity contribution in [2.24, 2.45) is 0 Å². The van der Waals surface area contributed by atoms with Crippen molar-refractivity contribution in [1.82, 2.24) is 0 Å². The largest absolute Gasteiger partial charge is 0.412 e. The van der Waals surface area contributed by atoms with Crippen LogP contribution in [0.2, 0.25) is 0 Å². The predicted octanol–water partition coefficient (Wildman–Crippen LogP) is 2.97. The van der Waals surface area contributed by atoms with Crippen LogP contribution in [0.15, 0.2) is 0 Å². The van der Waals surface area contributed by atoms with E-state index in [1.807, 2.05) is 0 Å². The summed E-state index contributed by atoms with van der Waals surface area (Å²) in [4.78, 5) is 0. The van der Waals surface area contributed by atoms with E-state index >= 15 is 0 Å². The van der Waals surface area contributed by atoms with E-state index in [9.17, 15) is 30.9 Å². The van der Waals surface area contributed by atoms with Crippen LogP contribution >= 0.6 is 7.60 Å². The van der Waals surface area contributed by atoms with Gasteiger partial charge >= 0.3 is 19.9 Å². The van der Waals surface area contributed by atoms with Gasteiger partial charge in [0.05, 0.1) is 0 Å². The molecule has 3 nitrogen and oxygen atoms in total. The zero-order valence-electron chi connectivity index (χ0n) is 7.35. The molecule has 0 aliphatic carbocycles. The second-order valence-corrected chi connectivity index (χ2v) is 4.61. The monoisotopic (exact) mass is 260 g/mol. The number of alkyl halides is 6. The third kappa shape index (κ3) is 10.0. The van der Waals surface area contributed by atoms with Gasteiger partial charge in [0, 0.05) is 6.66 Å². The average molecular weight is 260 g/mol. The Balaban J connectivity index is 4.04. The summed E-state index contributed by atoms with van der Waals surface area (Å²) in [6, 6.07) is 0. The standard InChI is InChI=1S/C5H7F6O3P/c1-15(12,13-2-4(6,7)8)14-3-5(9,10)11/h2-3H2,1H3. The first-order valence-corrected chi connectivity index (χ1v) is 5.40. The molecule has 0 spiro atoms. The molecule has 0 N–H and O–H groups in total. The smallest absolute Gasteiger partial charge is 0.299 e. The lowest BCUT2D eigenvalue weighted by atomic mass is 10.7. The fourth-order valence-electron chi connectivity index (χ4n) is 0.418. The van der Waals surface area contributed by atoms with Crippen molar-refractivity contribution in [3.63, 3.8) is 0 Å². The van der Waals surface area contributed by atoms with Gasteiger partial charge in [0.15, 0.2) is 13.2 Å². The van der Waals surface area contributed by atoms with Crippen molar-refractivity contribution in [2.75, 3.05) is 19.9 Å². The molecule has 0 rings (SSSR count). The third-order valence-electron chi connectivity index (χ3n) is 0.925. The molecule has 0 radical (unpaired) electrons. The van der Waals surface area contributed by atoms with Gasteiger partial charge in [0.1, 0.15) is 0 Å². The molecule has 0 heterocycles. The Morgan fingerprint density at radius 2 is 1.20 bits per heavy atom. The van der Waals surface area contributed by atoms with E-state index in [1.165, 1.54) is 0 Å². The summed E-state index contributed by atoms with van der Waals surface area (Å²) >= 11 is 0. The molecule has 15 heavy (non-hydrogen) atoms. The van der Waals surface area contributed by atoms with Crippen molar-refractivity contribution in [3.8, 4) is 0 Å². The highest BCUT2D eigenvalue weighted by atomic mass is 31.2. The lowest BCUT2D eigenvalue weighted by Crippen LogP contribution is -2.19. The molecular weight excluding hydrogens is 253 g/mol. The molecule has 0 saturated heterocycles. The maximum Gasteiger partial charge on any atom is 0.412 e. The Labute approximate surface area is 80.9 Å². The van der Waals surface area contributed by atoms with Crippen molar-refractivity contribution < 1.29 is 40.0 Å². The van der Waals surface area contributed by atoms with Crippen molar-refractivity contribution in [2.45, 2.75) is 12.4 Å². The van der Waals surface area contributed by atoms with E-state index in [0.717, 1.165) is 0 Å². The van der Waals surface area contributed by atoms with E-state index in [0.29, 0.717) is 6.66 Å². The van der Waals surface area contributed by atoms with Crippen LogP contribution in [0.25, 0.3) is 0 Å². The summed E-state index contributed by atoms with van der Waals surface area (Å²) in [7, 11) is -4.33. The van der Waals surface area contributed by atoms with Crippen molar-refractivity contribution in [1.29, 1.82) is 0 Å². The second-order valence-electron chi connectivity index (χ2n) is 2.55. The molecule has 92 valence electrons. The Hall–Kier alpha value is -0.270. The Kier molecular flexibility index (Phi) is 4.63. The third-order valence-corrected chi connectivity index (χ3v) is 2.12. The van der Waals surface area contributed by atoms with Gasteiger partial charge in [-0.1, -0.05) is 0 Å². The molecule has 0 aliphatic heterocycles. The summed E-state index contributed by atoms with van der Waals surface area (Å²) < 4.78 is 87.5. The fraction of sp³-hybridized carbons (Fsp3) is 1.00. The molecule has 0 aliphatic rings. The van der Waals surface area contributed by atoms with Gasteiger partial charge in [-0.25, -0.2) is 0 Å². The predicted molar refractivity (Wildman–Crippen MR) is 37.5 cm³/mol. The highest BCUT2D eigenvalue weighted by molar-refractivity contribution is 7.52. The summed E-state index contributed by atoms with van der Waals surface area (Å²) in [6.07, 6.45) is -9.54. The van der Waals surface area contributed by atoms with Gasteiger partial charge in [-0.2, -0.15) is 26.3 Å². The molecule has 0 bridgehead atoms. The normalized spacial score (nSPS) is 14.3. The van der Waals surface area contributed by atoms with Gasteiger partial charge in [-0.15, -0.1) is 0 Å². The zero-order valence-corrected chi connectivity index (χ0v) is 8.25. The second kappa shape index (κ2) is 4.71. The molecule has 10 heteroatoms. The summed E-state index contributed by atoms with van der Waals surface area (Å²) in [6.45, 7) is -3.30. The van der Waals surface area contributed by atoms with Crippen molar-refractivity contribution >= 4 is 7.60 Å². The van der Waals surface area contributed by atoms with Crippen LogP contribution in [-0.4, -0.2) is 32.2 Å². The maximum atomic E-state index is 11.5. The maximum absolute atomic E-state index is 11.5. The van der Waals surface area contributed by atoms with Crippen LogP contribution in [0, 0.1) is 0 Å². The lowest BCUT2D eigenvalue weighted by molar-refractivity contribution is -0.165. The van der Waals surface area contributed by atoms with Crippen molar-refractivity contribution in [3.05, 3.63) is 0 Å². The average Bonchev–Trinajstić information content (AvgIpc) is 1.96. The number of hydrogen-bond acceptors (Lipinski definition) is 3. The lowest BCUT2D eigenvalue weighted by Gasteiger charge is -2.16. The molecule has 0 aromatic heterocycles. The number of hydrogen-bond donors (Lipinski definition) is 0. The Morgan fingerprint density at radius 1 is 0.933 bits per heavy atom. The van der Waals surface area contributed by atoms with Crippen LogP contribution in [-0.2, 0) is 13.6 Å². The quantitative estimate of drug-likeness (QED) is 0.575. The highest BCUT2D eigenvalue weighted by Crippen LogP contribution is 2.46. The minimum Gasteiger partial charge on any atom is -0.299 e. The Bertz CT molecular complexity index is 224. The van der Waals surface area contributed by atoms with Crippen LogP contribution < -0.4 is 0 Å². The van der Waals surface area contributed by atoms with E-state index in [-0.39, 0.29) is 0 Å². The number of halogens is 6. The summed E-state index contributed by atoms with van der Waals surface area (Å²) in [5.74, 6) is 0. The van der Waals surface area contributed by atoms with Gasteiger partial charge in [0.2, 0.25) is 0 Å². The molecule has 0 fully saturated rings. The van der Waals surface area contributed by atoms with E-state index in [1.54, 1.807) is 0 Å². The molecule has 0 aromatic rings. The van der Waals surface area contributed by atoms with Crippen LogP contribution in [0.4, 0.5) is 26.3 Å². The molecule has 0 saturated carbocycles. The van der Waals surface area contributed by atoms with Gasteiger partial charge in [-0.3, -0.25) is 13.6 Å². The zero-order chi connectivity index (χ0) is 12.3. The highest BCUT2D eigenvalue weighted by Gasteiger charge is 2.35. The molecule has 0 amide bonds. The topological polar surface area (TPSA) is 35.5 Å². The van der Waals surface area contributed by atoms with E-state index < -0.39 is 33.2 Å². The first-order chi connectivity index (χ1) is 6.41. The molecule has 0 atom stereocenters. The first kappa shape index (κ1) is 14.7. The van der Waals surface area contributed by atoms with Gasteiger partial charge < -0.3 is 0 Å². The summed E-state index contributed by atoms with van der Waals surface area (Å²) in [5.41, 5.74) is 0. The minimum absolute atomic E-state index is 0.532. The SMILES string of the molecule is CP(=O)(OCC(F)(F)F)OCC(F)(F)F. The van der Waals surface area contributed by atoms with E-state index in [4.69, 9.17) is 0 Å². The summed E-state index contributed by atoms with van der Waals surface area (Å²) in [5, 5.41) is 0. The molecule has 0 unspecified atom stereocenters. The fourth-order valence-corrected chi connectivity index (χ4v) is 1.25. The minimum atomic E-state index is -4.77. The van der Waals surface area contributed by atoms with Crippen LogP contribution in [0.3, 0.4) is 0 Å². The van der Waals surface area contributed by atoms with Gasteiger partial charge in [0.25, 0.3) is 0 Å². The van der Waals surface area contributed by atoms with Crippen LogP contribution in [0.5, 0.6) is 0 Å². The molecular formula is C5H7F6O3P. The first-order valence-electron chi connectivity index (χ1n) is 3.41.